The number of rotatable bonds is 11. The number of hydrogen-bond acceptors (Lipinski definition) is 6. The zero-order valence-corrected chi connectivity index (χ0v) is 18.5. The number of ether oxygens (including phenoxy) is 2. The van der Waals surface area contributed by atoms with E-state index in [1.165, 1.54) is 11.8 Å². The molecule has 1 heterocycles. The van der Waals surface area contributed by atoms with E-state index in [1.54, 1.807) is 10.8 Å². The van der Waals surface area contributed by atoms with E-state index in [-0.39, 0.29) is 17.8 Å². The van der Waals surface area contributed by atoms with Crippen LogP contribution in [0.25, 0.3) is 0 Å². The van der Waals surface area contributed by atoms with Crippen molar-refractivity contribution < 1.29 is 14.3 Å². The summed E-state index contributed by atoms with van der Waals surface area (Å²) in [4.78, 5) is 12.5. The van der Waals surface area contributed by atoms with E-state index in [9.17, 15) is 4.79 Å². The number of carbonyl (C=O) groups excluding carboxylic acids is 1. The molecule has 162 valence electrons. The summed E-state index contributed by atoms with van der Waals surface area (Å²) in [6.07, 6.45) is 1.42. The summed E-state index contributed by atoms with van der Waals surface area (Å²) in [6.45, 7) is 8.71. The lowest BCUT2D eigenvalue weighted by molar-refractivity contribution is -0.113. The molecule has 2 aromatic carbocycles. The highest BCUT2D eigenvalue weighted by Gasteiger charge is 2.21. The Hall–Kier alpha value is -3.26. The summed E-state index contributed by atoms with van der Waals surface area (Å²) in [5, 5.41) is 12.2. The summed E-state index contributed by atoms with van der Waals surface area (Å²) in [7, 11) is 0. The van der Waals surface area contributed by atoms with Crippen molar-refractivity contribution in [3.05, 3.63) is 72.9 Å². The van der Waals surface area contributed by atoms with E-state index < -0.39 is 0 Å². The van der Waals surface area contributed by atoms with Crippen molar-refractivity contribution in [2.75, 3.05) is 17.7 Å². The first kappa shape index (κ1) is 22.4. The number of anilines is 1. The van der Waals surface area contributed by atoms with Crippen LogP contribution < -0.4 is 14.8 Å². The first-order valence-corrected chi connectivity index (χ1v) is 11.0. The average Bonchev–Trinajstić information content (AvgIpc) is 3.17. The first-order valence-electron chi connectivity index (χ1n) is 10.0. The Kier molecular flexibility index (Phi) is 8.12. The third kappa shape index (κ3) is 6.36. The number of nitrogens with zero attached hydrogens (tertiary/aromatic N) is 3. The van der Waals surface area contributed by atoms with Gasteiger partial charge in [-0.3, -0.25) is 4.79 Å². The molecule has 0 saturated heterocycles. The number of aromatic nitrogens is 3. The summed E-state index contributed by atoms with van der Waals surface area (Å²) in [6, 6.07) is 16.8. The molecular weight excluding hydrogens is 412 g/mol. The van der Waals surface area contributed by atoms with Gasteiger partial charge in [-0.15, -0.1) is 11.7 Å². The van der Waals surface area contributed by atoms with Crippen LogP contribution in [0, 0.1) is 0 Å². The maximum Gasteiger partial charge on any atom is 0.234 e. The van der Waals surface area contributed by atoms with Crippen molar-refractivity contribution in [2.45, 2.75) is 31.5 Å². The molecular formula is C23H26N4O3S. The Morgan fingerprint density at radius 2 is 1.94 bits per heavy atom. The predicted octanol–water partition coefficient (Wildman–Crippen LogP) is 4.73. The Labute approximate surface area is 186 Å². The van der Waals surface area contributed by atoms with Crippen molar-refractivity contribution in [2.24, 2.45) is 0 Å². The number of allylic oxidation sites excluding steroid dienone is 1. The van der Waals surface area contributed by atoms with Gasteiger partial charge < -0.3 is 14.8 Å². The van der Waals surface area contributed by atoms with Crippen LogP contribution >= 0.6 is 11.8 Å². The van der Waals surface area contributed by atoms with Crippen LogP contribution in [0.4, 0.5) is 5.69 Å². The van der Waals surface area contributed by atoms with Gasteiger partial charge in [-0.1, -0.05) is 41.3 Å². The second-order valence-corrected chi connectivity index (χ2v) is 7.58. The van der Waals surface area contributed by atoms with Crippen LogP contribution in [-0.2, 0) is 11.3 Å². The molecule has 1 aromatic heterocycles. The topological polar surface area (TPSA) is 78.3 Å². The van der Waals surface area contributed by atoms with Gasteiger partial charge in [-0.2, -0.15) is 0 Å². The smallest absolute Gasteiger partial charge is 0.234 e. The highest BCUT2D eigenvalue weighted by atomic mass is 32.2. The largest absolute Gasteiger partial charge is 0.494 e. The third-order valence-corrected chi connectivity index (χ3v) is 5.35. The minimum atomic E-state index is -0.322. The molecule has 0 fully saturated rings. The Morgan fingerprint density at radius 1 is 1.19 bits per heavy atom. The molecule has 0 radical (unpaired) electrons. The lowest BCUT2D eigenvalue weighted by atomic mass is 10.3. The number of amides is 1. The van der Waals surface area contributed by atoms with Gasteiger partial charge in [0.15, 0.2) is 0 Å². The average molecular weight is 439 g/mol. The fraction of sp³-hybridized carbons (Fsp3) is 0.261. The SMILES string of the molecule is C=CCn1nnc(C(C)Oc2ccccc2)c1SCC(=O)Nc1ccc(OCC)cc1. The van der Waals surface area contributed by atoms with Crippen molar-refractivity contribution in [3.8, 4) is 11.5 Å². The van der Waals surface area contributed by atoms with Gasteiger partial charge in [0, 0.05) is 5.69 Å². The van der Waals surface area contributed by atoms with Crippen molar-refractivity contribution in [3.63, 3.8) is 0 Å². The molecule has 1 unspecified atom stereocenters. The summed E-state index contributed by atoms with van der Waals surface area (Å²) >= 11 is 1.37. The molecule has 1 amide bonds. The van der Waals surface area contributed by atoms with Gasteiger partial charge in [0.2, 0.25) is 5.91 Å². The fourth-order valence-electron chi connectivity index (χ4n) is 2.85. The Balaban J connectivity index is 1.65. The molecule has 3 aromatic rings. The Bertz CT molecular complexity index is 990. The molecule has 3 rings (SSSR count). The molecule has 1 atom stereocenters. The lowest BCUT2D eigenvalue weighted by Gasteiger charge is -2.14. The number of carbonyl (C=O) groups is 1. The van der Waals surface area contributed by atoms with E-state index in [2.05, 4.69) is 22.2 Å². The number of nitrogens with one attached hydrogen (secondary N) is 1. The first-order chi connectivity index (χ1) is 15.1. The molecule has 0 aliphatic rings. The lowest BCUT2D eigenvalue weighted by Crippen LogP contribution is -2.15. The molecule has 0 aliphatic carbocycles. The molecule has 0 spiro atoms. The van der Waals surface area contributed by atoms with Crippen molar-refractivity contribution in [1.29, 1.82) is 0 Å². The molecule has 1 N–H and O–H groups in total. The minimum Gasteiger partial charge on any atom is -0.494 e. The maximum absolute atomic E-state index is 12.5. The van der Waals surface area contributed by atoms with Gasteiger partial charge in [0.25, 0.3) is 0 Å². The van der Waals surface area contributed by atoms with Crippen LogP contribution in [0.5, 0.6) is 11.5 Å². The van der Waals surface area contributed by atoms with Gasteiger partial charge in [-0.05, 0) is 50.2 Å². The highest BCUT2D eigenvalue weighted by molar-refractivity contribution is 8.00. The zero-order valence-electron chi connectivity index (χ0n) is 17.7. The number of para-hydroxylation sites is 1. The third-order valence-electron chi connectivity index (χ3n) is 4.25. The second-order valence-electron chi connectivity index (χ2n) is 6.62. The molecule has 7 nitrogen and oxygen atoms in total. The van der Waals surface area contributed by atoms with E-state index in [1.807, 2.05) is 68.4 Å². The zero-order chi connectivity index (χ0) is 22.1. The predicted molar refractivity (Wildman–Crippen MR) is 123 cm³/mol. The number of benzene rings is 2. The van der Waals surface area contributed by atoms with Crippen LogP contribution in [0.1, 0.15) is 25.6 Å². The minimum absolute atomic E-state index is 0.122. The molecule has 8 heteroatoms. The van der Waals surface area contributed by atoms with Gasteiger partial charge in [0.05, 0.1) is 18.9 Å². The van der Waals surface area contributed by atoms with Crippen LogP contribution in [0.3, 0.4) is 0 Å². The van der Waals surface area contributed by atoms with Gasteiger partial charge in [0.1, 0.15) is 28.3 Å². The maximum atomic E-state index is 12.5. The van der Waals surface area contributed by atoms with Gasteiger partial charge >= 0.3 is 0 Å². The monoisotopic (exact) mass is 438 g/mol. The van der Waals surface area contributed by atoms with Crippen molar-refractivity contribution >= 4 is 23.4 Å². The second kappa shape index (κ2) is 11.2. The highest BCUT2D eigenvalue weighted by Crippen LogP contribution is 2.29. The van der Waals surface area contributed by atoms with Gasteiger partial charge in [-0.25, -0.2) is 4.68 Å². The Morgan fingerprint density at radius 3 is 2.61 bits per heavy atom. The summed E-state index contributed by atoms with van der Waals surface area (Å²) in [5.74, 6) is 1.61. The van der Waals surface area contributed by atoms with E-state index >= 15 is 0 Å². The van der Waals surface area contributed by atoms with Crippen LogP contribution in [0.15, 0.2) is 72.3 Å². The van der Waals surface area contributed by atoms with Crippen LogP contribution in [0.2, 0.25) is 0 Å². The van der Waals surface area contributed by atoms with Crippen LogP contribution in [-0.4, -0.2) is 33.3 Å². The number of thioether (sulfide) groups is 1. The van der Waals surface area contributed by atoms with Crippen molar-refractivity contribution in [1.82, 2.24) is 15.0 Å². The molecule has 31 heavy (non-hydrogen) atoms. The van der Waals surface area contributed by atoms with E-state index in [4.69, 9.17) is 9.47 Å². The molecule has 0 saturated carbocycles. The number of hydrogen-bond donors (Lipinski definition) is 1. The standard InChI is InChI=1S/C23H26N4O3S/c1-4-15-27-23(22(25-26-27)17(3)30-20-9-7-6-8-10-20)31-16-21(28)24-18-11-13-19(14-12-18)29-5-2/h4,6-14,17H,1,5,15-16H2,2-3H3,(H,24,28). The summed E-state index contributed by atoms with van der Waals surface area (Å²) in [5.41, 5.74) is 1.40. The molecule has 0 bridgehead atoms. The normalized spacial score (nSPS) is 11.5. The molecule has 0 aliphatic heterocycles. The van der Waals surface area contributed by atoms with E-state index in [0.29, 0.717) is 24.5 Å². The summed E-state index contributed by atoms with van der Waals surface area (Å²) < 4.78 is 13.1. The quantitative estimate of drug-likeness (QED) is 0.344. The van der Waals surface area contributed by atoms with E-state index in [0.717, 1.165) is 16.5 Å². The fourth-order valence-corrected chi connectivity index (χ4v) is 3.81.